The molecule has 0 unspecified atom stereocenters. The van der Waals surface area contributed by atoms with Gasteiger partial charge in [0.05, 0.1) is 5.69 Å². The van der Waals surface area contributed by atoms with E-state index in [0.29, 0.717) is 11.4 Å². The average Bonchev–Trinajstić information content (AvgIpc) is 3.04. The summed E-state index contributed by atoms with van der Waals surface area (Å²) < 4.78 is 15.2. The summed E-state index contributed by atoms with van der Waals surface area (Å²) in [5.74, 6) is 0.263. The molecule has 3 rings (SSSR count). The molecule has 2 heterocycles. The minimum Gasteiger partial charge on any atom is -0.294 e. The van der Waals surface area contributed by atoms with E-state index in [1.54, 1.807) is 12.1 Å². The normalized spacial score (nSPS) is 11.0. The maximum Gasteiger partial charge on any atom is 0.271 e. The van der Waals surface area contributed by atoms with Gasteiger partial charge in [0.1, 0.15) is 10.8 Å². The second-order valence-corrected chi connectivity index (χ2v) is 6.71. The standard InChI is InChI=1S/C13H11FN4OS2/c1-8-15-16-13(21-8)20-7-10-6-12(19)18(17-10)11-4-2-9(14)3-5-11/h2-6,17H,7H2,1H3. The number of halogens is 1. The van der Waals surface area contributed by atoms with Gasteiger partial charge >= 0.3 is 0 Å². The lowest BCUT2D eigenvalue weighted by Crippen LogP contribution is -2.13. The number of aromatic nitrogens is 4. The van der Waals surface area contributed by atoms with Gasteiger partial charge < -0.3 is 0 Å². The molecule has 0 aliphatic carbocycles. The molecule has 0 spiro atoms. The molecule has 0 atom stereocenters. The van der Waals surface area contributed by atoms with Crippen molar-refractivity contribution in [3.63, 3.8) is 0 Å². The number of nitrogens with one attached hydrogen (secondary N) is 1. The molecule has 0 aliphatic heterocycles. The quantitative estimate of drug-likeness (QED) is 0.750. The molecule has 108 valence electrons. The zero-order valence-electron chi connectivity index (χ0n) is 11.0. The minimum atomic E-state index is -0.333. The van der Waals surface area contributed by atoms with Crippen molar-refractivity contribution < 1.29 is 4.39 Å². The van der Waals surface area contributed by atoms with Gasteiger partial charge in [-0.2, -0.15) is 0 Å². The van der Waals surface area contributed by atoms with Crippen molar-refractivity contribution in [2.24, 2.45) is 0 Å². The minimum absolute atomic E-state index is 0.175. The molecule has 5 nitrogen and oxygen atoms in total. The Labute approximate surface area is 127 Å². The fourth-order valence-corrected chi connectivity index (χ4v) is 3.49. The van der Waals surface area contributed by atoms with Crippen molar-refractivity contribution >= 4 is 23.1 Å². The summed E-state index contributed by atoms with van der Waals surface area (Å²) >= 11 is 3.03. The number of benzene rings is 1. The van der Waals surface area contributed by atoms with Gasteiger partial charge in [0.25, 0.3) is 5.56 Å². The highest BCUT2D eigenvalue weighted by Crippen LogP contribution is 2.24. The topological polar surface area (TPSA) is 63.6 Å². The number of hydrogen-bond donors (Lipinski definition) is 1. The van der Waals surface area contributed by atoms with Crippen molar-refractivity contribution in [1.82, 2.24) is 20.0 Å². The lowest BCUT2D eigenvalue weighted by Gasteiger charge is -2.01. The smallest absolute Gasteiger partial charge is 0.271 e. The second-order valence-electron chi connectivity index (χ2n) is 4.31. The van der Waals surface area contributed by atoms with Crippen LogP contribution in [0.15, 0.2) is 39.5 Å². The van der Waals surface area contributed by atoms with Gasteiger partial charge in [-0.15, -0.1) is 10.2 Å². The third-order valence-corrected chi connectivity index (χ3v) is 4.74. The van der Waals surface area contributed by atoms with E-state index in [1.165, 1.54) is 46.0 Å². The molecular formula is C13H11FN4OS2. The molecule has 8 heteroatoms. The lowest BCUT2D eigenvalue weighted by atomic mass is 10.3. The molecule has 0 bridgehead atoms. The molecule has 0 radical (unpaired) electrons. The molecule has 0 aliphatic rings. The van der Waals surface area contributed by atoms with E-state index < -0.39 is 0 Å². The van der Waals surface area contributed by atoms with Crippen LogP contribution in [-0.4, -0.2) is 20.0 Å². The summed E-state index contributed by atoms with van der Waals surface area (Å²) in [6.45, 7) is 1.90. The van der Waals surface area contributed by atoms with Crippen LogP contribution in [0.25, 0.3) is 5.69 Å². The maximum absolute atomic E-state index is 12.9. The van der Waals surface area contributed by atoms with Gasteiger partial charge in [-0.1, -0.05) is 23.1 Å². The van der Waals surface area contributed by atoms with Crippen LogP contribution in [-0.2, 0) is 5.75 Å². The van der Waals surface area contributed by atoms with Crippen LogP contribution in [0.1, 0.15) is 10.7 Å². The molecule has 2 aromatic heterocycles. The van der Waals surface area contributed by atoms with Crippen molar-refractivity contribution in [3.05, 3.63) is 57.2 Å². The number of hydrogen-bond acceptors (Lipinski definition) is 5. The van der Waals surface area contributed by atoms with Gasteiger partial charge in [0.15, 0.2) is 4.34 Å². The zero-order valence-corrected chi connectivity index (χ0v) is 12.7. The van der Waals surface area contributed by atoms with Crippen LogP contribution < -0.4 is 5.56 Å². The highest BCUT2D eigenvalue weighted by Gasteiger charge is 2.07. The predicted molar refractivity (Wildman–Crippen MR) is 80.6 cm³/mol. The van der Waals surface area contributed by atoms with E-state index in [4.69, 9.17) is 0 Å². The summed E-state index contributed by atoms with van der Waals surface area (Å²) in [6, 6.07) is 7.28. The number of rotatable bonds is 4. The first kappa shape index (κ1) is 14.0. The third-order valence-electron chi connectivity index (χ3n) is 2.72. The number of nitrogens with zero attached hydrogens (tertiary/aromatic N) is 3. The van der Waals surface area contributed by atoms with Crippen molar-refractivity contribution in [3.8, 4) is 5.69 Å². The highest BCUT2D eigenvalue weighted by atomic mass is 32.2. The Kier molecular flexibility index (Phi) is 3.89. The zero-order chi connectivity index (χ0) is 14.8. The number of aromatic amines is 1. The Morgan fingerprint density at radius 3 is 2.76 bits per heavy atom. The van der Waals surface area contributed by atoms with E-state index in [9.17, 15) is 9.18 Å². The van der Waals surface area contributed by atoms with Crippen LogP contribution in [0, 0.1) is 12.7 Å². The monoisotopic (exact) mass is 322 g/mol. The van der Waals surface area contributed by atoms with E-state index in [1.807, 2.05) is 6.92 Å². The molecule has 21 heavy (non-hydrogen) atoms. The van der Waals surface area contributed by atoms with Crippen LogP contribution in [0.5, 0.6) is 0 Å². The van der Waals surface area contributed by atoms with E-state index in [0.717, 1.165) is 15.0 Å². The first-order chi connectivity index (χ1) is 10.1. The Balaban J connectivity index is 1.78. The first-order valence-electron chi connectivity index (χ1n) is 6.11. The number of aryl methyl sites for hydroxylation is 1. The average molecular weight is 322 g/mol. The molecule has 0 amide bonds. The summed E-state index contributed by atoms with van der Waals surface area (Å²) in [5, 5.41) is 11.9. The fourth-order valence-electron chi connectivity index (χ4n) is 1.78. The van der Waals surface area contributed by atoms with Gasteiger partial charge in [-0.3, -0.25) is 9.89 Å². The third kappa shape index (κ3) is 3.22. The summed E-state index contributed by atoms with van der Waals surface area (Å²) in [7, 11) is 0. The molecule has 1 N–H and O–H groups in total. The second kappa shape index (κ2) is 5.82. The van der Waals surface area contributed by atoms with E-state index in [-0.39, 0.29) is 11.4 Å². The van der Waals surface area contributed by atoms with Crippen molar-refractivity contribution in [2.45, 2.75) is 17.0 Å². The largest absolute Gasteiger partial charge is 0.294 e. The SMILES string of the molecule is Cc1nnc(SCc2cc(=O)n(-c3ccc(F)cc3)[nH]2)s1. The fraction of sp³-hybridized carbons (Fsp3) is 0.154. The van der Waals surface area contributed by atoms with Crippen LogP contribution in [0.4, 0.5) is 4.39 Å². The van der Waals surface area contributed by atoms with Gasteiger partial charge in [-0.25, -0.2) is 9.07 Å². The summed E-state index contributed by atoms with van der Waals surface area (Å²) in [5.41, 5.74) is 1.21. The Morgan fingerprint density at radius 2 is 2.10 bits per heavy atom. The molecule has 1 aromatic carbocycles. The Morgan fingerprint density at radius 1 is 1.33 bits per heavy atom. The highest BCUT2D eigenvalue weighted by molar-refractivity contribution is 8.00. The molecular weight excluding hydrogens is 311 g/mol. The van der Waals surface area contributed by atoms with Crippen molar-refractivity contribution in [1.29, 1.82) is 0 Å². The molecule has 0 saturated carbocycles. The molecule has 0 saturated heterocycles. The summed E-state index contributed by atoms with van der Waals surface area (Å²) in [6.07, 6.45) is 0. The van der Waals surface area contributed by atoms with Gasteiger partial charge in [0, 0.05) is 17.5 Å². The predicted octanol–water partition coefficient (Wildman–Crippen LogP) is 2.76. The van der Waals surface area contributed by atoms with Crippen LogP contribution in [0.2, 0.25) is 0 Å². The van der Waals surface area contributed by atoms with Gasteiger partial charge in [-0.05, 0) is 31.2 Å². The number of H-pyrrole nitrogens is 1. The Hall–Kier alpha value is -1.93. The van der Waals surface area contributed by atoms with Crippen LogP contribution in [0.3, 0.4) is 0 Å². The molecule has 0 fully saturated rings. The maximum atomic E-state index is 12.9. The lowest BCUT2D eigenvalue weighted by molar-refractivity contribution is 0.627. The van der Waals surface area contributed by atoms with Gasteiger partial charge in [0.2, 0.25) is 0 Å². The number of thioether (sulfide) groups is 1. The first-order valence-corrected chi connectivity index (χ1v) is 7.92. The van der Waals surface area contributed by atoms with Crippen molar-refractivity contribution in [2.75, 3.05) is 0 Å². The molecule has 3 aromatic rings. The van der Waals surface area contributed by atoms with E-state index in [2.05, 4.69) is 15.3 Å². The Bertz CT molecular complexity index is 806. The van der Waals surface area contributed by atoms with Crippen LogP contribution >= 0.6 is 23.1 Å². The van der Waals surface area contributed by atoms with E-state index >= 15 is 0 Å². The summed E-state index contributed by atoms with van der Waals surface area (Å²) in [4.78, 5) is 11.9.